The monoisotopic (exact) mass is 349 g/mol. The maximum atomic E-state index is 12.4. The average Bonchev–Trinajstić information content (AvgIpc) is 2.40. The summed E-state index contributed by atoms with van der Waals surface area (Å²) in [7, 11) is 0. The number of alkyl halides is 3. The van der Waals surface area contributed by atoms with Crippen LogP contribution in [0.5, 0.6) is 0 Å². The second-order valence-electron chi connectivity index (χ2n) is 5.75. The zero-order valence-corrected chi connectivity index (χ0v) is 13.8. The highest BCUT2D eigenvalue weighted by Crippen LogP contribution is 2.29. The summed E-state index contributed by atoms with van der Waals surface area (Å²) in [6, 6.07) is 2.11. The van der Waals surface area contributed by atoms with Crippen LogP contribution < -0.4 is 10.6 Å². The Morgan fingerprint density at radius 3 is 2.30 bits per heavy atom. The average molecular weight is 349 g/mol. The van der Waals surface area contributed by atoms with Crippen molar-refractivity contribution in [2.45, 2.75) is 37.5 Å². The number of halogens is 3. The van der Waals surface area contributed by atoms with Gasteiger partial charge in [0.05, 0.1) is 22.9 Å². The van der Waals surface area contributed by atoms with Gasteiger partial charge in [-0.25, -0.2) is 4.98 Å². The van der Waals surface area contributed by atoms with Crippen molar-refractivity contribution in [2.75, 3.05) is 12.3 Å². The number of nitrogens with zero attached hydrogens (tertiary/aromatic N) is 1. The number of thioether (sulfide) groups is 1. The predicted molar refractivity (Wildman–Crippen MR) is 80.9 cm³/mol. The molecule has 0 aliphatic carbocycles. The van der Waals surface area contributed by atoms with Crippen molar-refractivity contribution in [3.8, 4) is 0 Å². The summed E-state index contributed by atoms with van der Waals surface area (Å²) in [5.74, 6) is -0.759. The molecular weight excluding hydrogens is 331 g/mol. The Labute approximate surface area is 136 Å². The van der Waals surface area contributed by atoms with E-state index in [1.165, 1.54) is 6.07 Å². The van der Waals surface area contributed by atoms with Crippen LogP contribution in [0.25, 0.3) is 0 Å². The van der Waals surface area contributed by atoms with Crippen LogP contribution in [0.3, 0.4) is 0 Å². The van der Waals surface area contributed by atoms with Crippen LogP contribution in [0.15, 0.2) is 23.4 Å². The van der Waals surface area contributed by atoms with Gasteiger partial charge in [-0.05, 0) is 32.9 Å². The molecule has 1 heterocycles. The van der Waals surface area contributed by atoms with E-state index in [1.54, 1.807) is 0 Å². The highest BCUT2D eigenvalue weighted by atomic mass is 32.2. The van der Waals surface area contributed by atoms with Gasteiger partial charge in [-0.1, -0.05) is 11.8 Å². The number of pyridine rings is 1. The van der Waals surface area contributed by atoms with Gasteiger partial charge in [-0.15, -0.1) is 0 Å². The molecule has 2 amide bonds. The van der Waals surface area contributed by atoms with Crippen LogP contribution in [0, 0.1) is 0 Å². The Hall–Kier alpha value is -1.77. The van der Waals surface area contributed by atoms with E-state index in [0.717, 1.165) is 24.0 Å². The number of carbonyl (C=O) groups excluding carboxylic acids is 2. The van der Waals surface area contributed by atoms with Gasteiger partial charge in [0.15, 0.2) is 0 Å². The third-order valence-electron chi connectivity index (χ3n) is 2.38. The topological polar surface area (TPSA) is 71.1 Å². The summed E-state index contributed by atoms with van der Waals surface area (Å²) in [4.78, 5) is 26.8. The van der Waals surface area contributed by atoms with Gasteiger partial charge in [0.2, 0.25) is 11.8 Å². The van der Waals surface area contributed by atoms with Gasteiger partial charge in [-0.2, -0.15) is 13.2 Å². The molecule has 0 aromatic carbocycles. The quantitative estimate of drug-likeness (QED) is 0.800. The van der Waals surface area contributed by atoms with E-state index in [4.69, 9.17) is 0 Å². The van der Waals surface area contributed by atoms with Crippen LogP contribution in [0.1, 0.15) is 26.3 Å². The van der Waals surface area contributed by atoms with Crippen molar-refractivity contribution >= 4 is 23.6 Å². The Morgan fingerprint density at radius 2 is 1.83 bits per heavy atom. The summed E-state index contributed by atoms with van der Waals surface area (Å²) in [5.41, 5.74) is -1.23. The summed E-state index contributed by atoms with van der Waals surface area (Å²) in [6.45, 7) is 5.30. The molecule has 0 saturated carbocycles. The molecule has 0 spiro atoms. The van der Waals surface area contributed by atoms with Crippen LogP contribution in [-0.4, -0.2) is 34.6 Å². The van der Waals surface area contributed by atoms with E-state index in [1.807, 2.05) is 20.8 Å². The van der Waals surface area contributed by atoms with Gasteiger partial charge in [-0.3, -0.25) is 9.59 Å². The highest BCUT2D eigenvalue weighted by molar-refractivity contribution is 7.99. The molecule has 9 heteroatoms. The van der Waals surface area contributed by atoms with Gasteiger partial charge >= 0.3 is 6.18 Å². The molecule has 1 aromatic rings. The van der Waals surface area contributed by atoms with Crippen molar-refractivity contribution in [2.24, 2.45) is 0 Å². The van der Waals surface area contributed by atoms with E-state index in [0.29, 0.717) is 5.03 Å². The van der Waals surface area contributed by atoms with Crippen molar-refractivity contribution in [3.05, 3.63) is 23.9 Å². The summed E-state index contributed by atoms with van der Waals surface area (Å²) < 4.78 is 37.1. The van der Waals surface area contributed by atoms with E-state index < -0.39 is 17.6 Å². The molecule has 0 saturated heterocycles. The fraction of sp³-hybridized carbons (Fsp3) is 0.500. The minimum atomic E-state index is -4.44. The number of aromatic nitrogens is 1. The zero-order valence-electron chi connectivity index (χ0n) is 13.0. The number of hydrogen-bond donors (Lipinski definition) is 2. The molecule has 128 valence electrons. The first-order valence-corrected chi connectivity index (χ1v) is 7.70. The molecule has 5 nitrogen and oxygen atoms in total. The zero-order chi connectivity index (χ0) is 17.7. The standard InChI is InChI=1S/C14H18F3N3O2S/c1-13(2,3)20-10(21)7-18-11(22)8-23-12-5-4-9(6-19-12)14(15,16)17/h4-6H,7-8H2,1-3H3,(H,18,22)(H,20,21). The second-order valence-corrected chi connectivity index (χ2v) is 6.74. The SMILES string of the molecule is CC(C)(C)NC(=O)CNC(=O)CSc1ccc(C(F)(F)F)cn1. The van der Waals surface area contributed by atoms with Gasteiger partial charge in [0, 0.05) is 11.7 Å². The molecule has 1 aromatic heterocycles. The lowest BCUT2D eigenvalue weighted by atomic mass is 10.1. The first-order valence-electron chi connectivity index (χ1n) is 6.71. The Kier molecular flexibility index (Phi) is 6.43. The third kappa shape index (κ3) is 7.87. The Balaban J connectivity index is 2.38. The molecule has 2 N–H and O–H groups in total. The maximum Gasteiger partial charge on any atom is 0.417 e. The van der Waals surface area contributed by atoms with Crippen molar-refractivity contribution in [1.29, 1.82) is 0 Å². The Bertz CT molecular complexity index is 554. The summed E-state index contributed by atoms with van der Waals surface area (Å²) in [5, 5.41) is 5.42. The summed E-state index contributed by atoms with van der Waals surface area (Å²) >= 11 is 0.990. The van der Waals surface area contributed by atoms with Crippen molar-refractivity contribution in [1.82, 2.24) is 15.6 Å². The highest BCUT2D eigenvalue weighted by Gasteiger charge is 2.30. The second kappa shape index (κ2) is 7.67. The molecule has 0 unspecified atom stereocenters. The first kappa shape index (κ1) is 19.3. The molecule has 0 aliphatic heterocycles. The lowest BCUT2D eigenvalue weighted by molar-refractivity contribution is -0.137. The molecule has 0 bridgehead atoms. The van der Waals surface area contributed by atoms with Crippen LogP contribution in [0.4, 0.5) is 13.2 Å². The van der Waals surface area contributed by atoms with Gasteiger partial charge in [0.1, 0.15) is 0 Å². The van der Waals surface area contributed by atoms with Crippen LogP contribution in [-0.2, 0) is 15.8 Å². The number of rotatable bonds is 5. The minimum Gasteiger partial charge on any atom is -0.350 e. The Morgan fingerprint density at radius 1 is 1.17 bits per heavy atom. The van der Waals surface area contributed by atoms with Crippen molar-refractivity contribution in [3.63, 3.8) is 0 Å². The van der Waals surface area contributed by atoms with E-state index in [9.17, 15) is 22.8 Å². The minimum absolute atomic E-state index is 0.0405. The smallest absolute Gasteiger partial charge is 0.350 e. The van der Waals surface area contributed by atoms with Crippen LogP contribution >= 0.6 is 11.8 Å². The maximum absolute atomic E-state index is 12.4. The van der Waals surface area contributed by atoms with E-state index >= 15 is 0 Å². The van der Waals surface area contributed by atoms with E-state index in [-0.39, 0.29) is 23.7 Å². The molecule has 0 atom stereocenters. The lowest BCUT2D eigenvalue weighted by Gasteiger charge is -2.20. The summed E-state index contributed by atoms with van der Waals surface area (Å²) in [6.07, 6.45) is -3.72. The molecule has 0 aliphatic rings. The number of carbonyl (C=O) groups is 2. The van der Waals surface area contributed by atoms with Gasteiger partial charge < -0.3 is 10.6 Å². The fourth-order valence-corrected chi connectivity index (χ4v) is 2.14. The fourth-order valence-electron chi connectivity index (χ4n) is 1.47. The first-order chi connectivity index (χ1) is 10.5. The predicted octanol–water partition coefficient (Wildman–Crippen LogP) is 2.22. The number of nitrogens with one attached hydrogen (secondary N) is 2. The lowest BCUT2D eigenvalue weighted by Crippen LogP contribution is -2.46. The largest absolute Gasteiger partial charge is 0.417 e. The third-order valence-corrected chi connectivity index (χ3v) is 3.32. The van der Waals surface area contributed by atoms with E-state index in [2.05, 4.69) is 15.6 Å². The van der Waals surface area contributed by atoms with Gasteiger partial charge in [0.25, 0.3) is 0 Å². The van der Waals surface area contributed by atoms with Crippen LogP contribution in [0.2, 0.25) is 0 Å². The molecule has 23 heavy (non-hydrogen) atoms. The molecule has 0 radical (unpaired) electrons. The number of amides is 2. The normalized spacial score (nSPS) is 11.9. The molecular formula is C14H18F3N3O2S. The molecule has 0 fully saturated rings. The van der Waals surface area contributed by atoms with Crippen molar-refractivity contribution < 1.29 is 22.8 Å². The molecule has 1 rings (SSSR count). The number of hydrogen-bond acceptors (Lipinski definition) is 4.